The lowest BCUT2D eigenvalue weighted by Crippen LogP contribution is -2.47. The summed E-state index contributed by atoms with van der Waals surface area (Å²) in [5, 5.41) is 11.8. The van der Waals surface area contributed by atoms with Crippen molar-refractivity contribution in [2.75, 3.05) is 19.7 Å². The Morgan fingerprint density at radius 3 is 2.88 bits per heavy atom. The molecule has 0 saturated carbocycles. The number of carbonyl (C=O) groups excluding carboxylic acids is 2. The summed E-state index contributed by atoms with van der Waals surface area (Å²) in [6.45, 7) is 3.67. The third-order valence-electron chi connectivity index (χ3n) is 3.83. The van der Waals surface area contributed by atoms with Crippen molar-refractivity contribution in [1.82, 2.24) is 15.2 Å². The average Bonchev–Trinajstić information content (AvgIpc) is 2.56. The number of amides is 2. The number of hydrogen-bond donors (Lipinski definition) is 2. The summed E-state index contributed by atoms with van der Waals surface area (Å²) in [6, 6.07) is 0.622. The van der Waals surface area contributed by atoms with Crippen LogP contribution < -0.4 is 10.1 Å². The number of hydrogen-bond acceptors (Lipinski definition) is 5. The van der Waals surface area contributed by atoms with Gasteiger partial charge in [0.1, 0.15) is 17.5 Å². The van der Waals surface area contributed by atoms with Crippen molar-refractivity contribution in [2.45, 2.75) is 32.7 Å². The van der Waals surface area contributed by atoms with Gasteiger partial charge < -0.3 is 20.1 Å². The van der Waals surface area contributed by atoms with E-state index in [-0.39, 0.29) is 24.7 Å². The number of nitrogens with one attached hydrogen (secondary N) is 1. The molecular formula is C16H21N3O5. The first-order chi connectivity index (χ1) is 11.4. The molecule has 2 rings (SSSR count). The average molecular weight is 335 g/mol. The van der Waals surface area contributed by atoms with E-state index in [0.29, 0.717) is 12.4 Å². The highest BCUT2D eigenvalue weighted by molar-refractivity contribution is 5.95. The standard InChI is InChI=1S/C16H21N3O5/c1-10(16(22)23)19(6-5-17-11(2)20)15(21)13-8-12-4-3-7-24-14(12)9-18-13/h8-10H,3-7H2,1-2H3,(H,17,20)(H,22,23). The maximum atomic E-state index is 12.7. The van der Waals surface area contributed by atoms with E-state index in [4.69, 9.17) is 4.74 Å². The Balaban J connectivity index is 2.19. The third kappa shape index (κ3) is 4.21. The van der Waals surface area contributed by atoms with Crippen LogP contribution in [0, 0.1) is 0 Å². The van der Waals surface area contributed by atoms with Crippen LogP contribution in [0.15, 0.2) is 12.3 Å². The predicted molar refractivity (Wildman–Crippen MR) is 84.9 cm³/mol. The monoisotopic (exact) mass is 335 g/mol. The van der Waals surface area contributed by atoms with E-state index in [0.717, 1.165) is 18.4 Å². The first-order valence-corrected chi connectivity index (χ1v) is 7.80. The highest BCUT2D eigenvalue weighted by Gasteiger charge is 2.28. The molecule has 130 valence electrons. The molecule has 1 unspecified atom stereocenters. The van der Waals surface area contributed by atoms with Gasteiger partial charge in [-0.05, 0) is 31.4 Å². The van der Waals surface area contributed by atoms with E-state index in [9.17, 15) is 19.5 Å². The molecule has 0 saturated heterocycles. The molecular weight excluding hydrogens is 314 g/mol. The lowest BCUT2D eigenvalue weighted by molar-refractivity contribution is -0.141. The molecule has 1 atom stereocenters. The van der Waals surface area contributed by atoms with E-state index in [1.807, 2.05) is 0 Å². The van der Waals surface area contributed by atoms with Gasteiger partial charge in [0.2, 0.25) is 5.91 Å². The Hall–Kier alpha value is -2.64. The van der Waals surface area contributed by atoms with Crippen molar-refractivity contribution in [2.24, 2.45) is 0 Å². The number of aryl methyl sites for hydroxylation is 1. The van der Waals surface area contributed by atoms with Crippen molar-refractivity contribution >= 4 is 17.8 Å². The second-order valence-electron chi connectivity index (χ2n) is 5.63. The number of aromatic nitrogens is 1. The smallest absolute Gasteiger partial charge is 0.326 e. The van der Waals surface area contributed by atoms with E-state index in [1.165, 1.54) is 24.9 Å². The summed E-state index contributed by atoms with van der Waals surface area (Å²) < 4.78 is 5.47. The number of carboxylic acids is 1. The van der Waals surface area contributed by atoms with Gasteiger partial charge in [-0.3, -0.25) is 9.59 Å². The Labute approximate surface area is 139 Å². The SMILES string of the molecule is CC(=O)NCCN(C(=O)c1cc2c(cn1)OCCC2)C(C)C(=O)O. The Bertz CT molecular complexity index is 647. The molecule has 24 heavy (non-hydrogen) atoms. The van der Waals surface area contributed by atoms with Crippen LogP contribution in [0.3, 0.4) is 0 Å². The zero-order valence-electron chi connectivity index (χ0n) is 13.7. The molecule has 2 amide bonds. The number of carbonyl (C=O) groups is 3. The molecule has 2 heterocycles. The van der Waals surface area contributed by atoms with E-state index in [1.54, 1.807) is 6.07 Å². The molecule has 1 aromatic rings. The minimum atomic E-state index is -1.12. The van der Waals surface area contributed by atoms with Gasteiger partial charge in [0, 0.05) is 20.0 Å². The zero-order chi connectivity index (χ0) is 17.7. The lowest BCUT2D eigenvalue weighted by atomic mass is 10.1. The molecule has 0 aromatic carbocycles. The molecule has 8 heteroatoms. The molecule has 0 radical (unpaired) electrons. The molecule has 0 bridgehead atoms. The highest BCUT2D eigenvalue weighted by Crippen LogP contribution is 2.24. The number of pyridine rings is 1. The van der Waals surface area contributed by atoms with Crippen molar-refractivity contribution in [3.63, 3.8) is 0 Å². The number of nitrogens with zero attached hydrogens (tertiary/aromatic N) is 2. The quantitative estimate of drug-likeness (QED) is 0.782. The Morgan fingerprint density at radius 1 is 1.46 bits per heavy atom. The normalized spacial score (nSPS) is 14.1. The third-order valence-corrected chi connectivity index (χ3v) is 3.83. The van der Waals surface area contributed by atoms with E-state index in [2.05, 4.69) is 10.3 Å². The van der Waals surface area contributed by atoms with Gasteiger partial charge in [0.15, 0.2) is 0 Å². The Kier molecular flexibility index (Phi) is 5.73. The van der Waals surface area contributed by atoms with Crippen LogP contribution in [0.1, 0.15) is 36.3 Å². The van der Waals surface area contributed by atoms with Crippen LogP contribution in [-0.4, -0.2) is 58.5 Å². The molecule has 0 aliphatic carbocycles. The van der Waals surface area contributed by atoms with Crippen molar-refractivity contribution in [3.8, 4) is 5.75 Å². The number of fused-ring (bicyclic) bond motifs is 1. The summed E-state index contributed by atoms with van der Waals surface area (Å²) in [6.07, 6.45) is 3.15. The molecule has 1 aromatic heterocycles. The van der Waals surface area contributed by atoms with Crippen LogP contribution >= 0.6 is 0 Å². The molecule has 0 fully saturated rings. The number of rotatable bonds is 6. The highest BCUT2D eigenvalue weighted by atomic mass is 16.5. The van der Waals surface area contributed by atoms with E-state index >= 15 is 0 Å². The maximum Gasteiger partial charge on any atom is 0.326 e. The second-order valence-corrected chi connectivity index (χ2v) is 5.63. The summed E-state index contributed by atoms with van der Waals surface area (Å²) in [5.41, 5.74) is 1.07. The number of carboxylic acid groups (broad SMARTS) is 1. The summed E-state index contributed by atoms with van der Waals surface area (Å²) >= 11 is 0. The minimum absolute atomic E-state index is 0.0845. The Morgan fingerprint density at radius 2 is 2.21 bits per heavy atom. The zero-order valence-corrected chi connectivity index (χ0v) is 13.7. The van der Waals surface area contributed by atoms with Crippen LogP contribution in [-0.2, 0) is 16.0 Å². The van der Waals surface area contributed by atoms with E-state index < -0.39 is 17.9 Å². The van der Waals surface area contributed by atoms with Crippen molar-refractivity contribution in [1.29, 1.82) is 0 Å². The first-order valence-electron chi connectivity index (χ1n) is 7.80. The maximum absolute atomic E-state index is 12.7. The topological polar surface area (TPSA) is 109 Å². The van der Waals surface area contributed by atoms with Crippen molar-refractivity contribution in [3.05, 3.63) is 23.5 Å². The summed E-state index contributed by atoms with van der Waals surface area (Å²) in [5.74, 6) is -1.18. The van der Waals surface area contributed by atoms with Gasteiger partial charge in [0.05, 0.1) is 12.8 Å². The van der Waals surface area contributed by atoms with Gasteiger partial charge >= 0.3 is 5.97 Å². The first kappa shape index (κ1) is 17.7. The number of ether oxygens (including phenoxy) is 1. The molecule has 1 aliphatic heterocycles. The molecule has 8 nitrogen and oxygen atoms in total. The fourth-order valence-corrected chi connectivity index (χ4v) is 2.48. The fourth-order valence-electron chi connectivity index (χ4n) is 2.48. The predicted octanol–water partition coefficient (Wildman–Crippen LogP) is 0.458. The second kappa shape index (κ2) is 7.76. The van der Waals surface area contributed by atoms with Gasteiger partial charge in [-0.15, -0.1) is 0 Å². The molecule has 0 spiro atoms. The van der Waals surface area contributed by atoms with Crippen LogP contribution in [0.2, 0.25) is 0 Å². The van der Waals surface area contributed by atoms with Crippen LogP contribution in [0.4, 0.5) is 0 Å². The van der Waals surface area contributed by atoms with Crippen molar-refractivity contribution < 1.29 is 24.2 Å². The molecule has 1 aliphatic rings. The summed E-state index contributed by atoms with van der Waals surface area (Å²) in [4.78, 5) is 40.2. The van der Waals surface area contributed by atoms with Gasteiger partial charge in [0.25, 0.3) is 5.91 Å². The van der Waals surface area contributed by atoms with Gasteiger partial charge in [-0.2, -0.15) is 0 Å². The largest absolute Gasteiger partial charge is 0.492 e. The lowest BCUT2D eigenvalue weighted by Gasteiger charge is -2.27. The molecule has 2 N–H and O–H groups in total. The van der Waals surface area contributed by atoms with Crippen LogP contribution in [0.25, 0.3) is 0 Å². The minimum Gasteiger partial charge on any atom is -0.492 e. The van der Waals surface area contributed by atoms with Crippen LogP contribution in [0.5, 0.6) is 5.75 Å². The van der Waals surface area contributed by atoms with Gasteiger partial charge in [-0.25, -0.2) is 9.78 Å². The number of aliphatic carboxylic acids is 1. The fraction of sp³-hybridized carbons (Fsp3) is 0.500. The summed E-state index contributed by atoms with van der Waals surface area (Å²) in [7, 11) is 0. The van der Waals surface area contributed by atoms with Gasteiger partial charge in [-0.1, -0.05) is 0 Å².